The van der Waals surface area contributed by atoms with Crippen LogP contribution in [0.15, 0.2) is 41.5 Å². The molecule has 10 nitrogen and oxygen atoms in total. The molecule has 0 bridgehead atoms. The molecule has 2 aromatic carbocycles. The van der Waals surface area contributed by atoms with E-state index in [1.807, 2.05) is 29.5 Å². The van der Waals surface area contributed by atoms with Crippen molar-refractivity contribution in [2.24, 2.45) is 5.10 Å². The van der Waals surface area contributed by atoms with Gasteiger partial charge in [0.15, 0.2) is 18.1 Å². The first-order valence-electron chi connectivity index (χ1n) is 9.49. The number of halogens is 1. The fourth-order valence-electron chi connectivity index (χ4n) is 2.73. The highest BCUT2D eigenvalue weighted by molar-refractivity contribution is 14.1. The molecule has 0 spiro atoms. The molecule has 0 radical (unpaired) electrons. The summed E-state index contributed by atoms with van der Waals surface area (Å²) >= 11 is 3.26. The molecule has 12 heteroatoms. The van der Waals surface area contributed by atoms with E-state index in [0.29, 0.717) is 37.5 Å². The molecule has 172 valence electrons. The fraction of sp³-hybridized carbons (Fsp3) is 0.190. The van der Waals surface area contributed by atoms with Crippen molar-refractivity contribution in [3.05, 3.63) is 60.5 Å². The average Bonchev–Trinajstić information content (AvgIpc) is 3.22. The standard InChI is InChI=1S/C21H18IN3O7S/c1-3-31-16-7-12(6-15(22)20(16)32-11-19(26)30-2)10-23-24-21(27)18-9-13-8-14(25(28)29)4-5-17(13)33-18/h4-10H,3,11H2,1-2H3,(H,24,27)/b23-10-. The molecule has 0 aliphatic carbocycles. The number of hydrogen-bond acceptors (Lipinski definition) is 9. The number of hydrogen-bond donors (Lipinski definition) is 1. The molecule has 0 fully saturated rings. The number of nitrogens with one attached hydrogen (secondary N) is 1. The van der Waals surface area contributed by atoms with E-state index in [-0.39, 0.29) is 12.3 Å². The summed E-state index contributed by atoms with van der Waals surface area (Å²) in [6.07, 6.45) is 1.45. The van der Waals surface area contributed by atoms with Crippen molar-refractivity contribution >= 4 is 67.8 Å². The summed E-state index contributed by atoms with van der Waals surface area (Å²) in [5.74, 6) is -0.124. The van der Waals surface area contributed by atoms with Gasteiger partial charge < -0.3 is 14.2 Å². The minimum Gasteiger partial charge on any atom is -0.490 e. The van der Waals surface area contributed by atoms with Crippen molar-refractivity contribution in [2.45, 2.75) is 6.92 Å². The molecule has 0 saturated carbocycles. The van der Waals surface area contributed by atoms with Gasteiger partial charge in [-0.15, -0.1) is 11.3 Å². The highest BCUT2D eigenvalue weighted by atomic mass is 127. The second-order valence-electron chi connectivity index (χ2n) is 6.42. The van der Waals surface area contributed by atoms with Crippen molar-refractivity contribution in [1.82, 2.24) is 5.43 Å². The summed E-state index contributed by atoms with van der Waals surface area (Å²) in [5.41, 5.74) is 3.05. The minimum atomic E-state index is -0.516. The molecule has 0 saturated heterocycles. The lowest BCUT2D eigenvalue weighted by Crippen LogP contribution is -2.16. The Kier molecular flexibility index (Phi) is 8.16. The summed E-state index contributed by atoms with van der Waals surface area (Å²) < 4.78 is 17.1. The predicted octanol–water partition coefficient (Wildman–Crippen LogP) is 4.13. The van der Waals surface area contributed by atoms with Gasteiger partial charge in [-0.3, -0.25) is 14.9 Å². The van der Waals surface area contributed by atoms with Gasteiger partial charge in [0, 0.05) is 22.2 Å². The zero-order chi connectivity index (χ0) is 24.0. The largest absolute Gasteiger partial charge is 0.490 e. The van der Waals surface area contributed by atoms with E-state index in [0.717, 1.165) is 4.70 Å². The summed E-state index contributed by atoms with van der Waals surface area (Å²) in [6, 6.07) is 9.44. The molecule has 1 amide bonds. The van der Waals surface area contributed by atoms with Crippen molar-refractivity contribution < 1.29 is 28.7 Å². The Morgan fingerprint density at radius 2 is 2.03 bits per heavy atom. The number of methoxy groups -OCH3 is 1. The van der Waals surface area contributed by atoms with Crippen molar-refractivity contribution in [3.8, 4) is 11.5 Å². The van der Waals surface area contributed by atoms with Gasteiger partial charge in [-0.1, -0.05) is 0 Å². The van der Waals surface area contributed by atoms with E-state index in [9.17, 15) is 19.7 Å². The number of benzene rings is 2. The second-order valence-corrected chi connectivity index (χ2v) is 8.66. The Balaban J connectivity index is 1.73. The maximum atomic E-state index is 12.5. The number of nitro benzene ring substituents is 1. The average molecular weight is 583 g/mol. The summed E-state index contributed by atoms with van der Waals surface area (Å²) in [5, 5.41) is 15.5. The fourth-order valence-corrected chi connectivity index (χ4v) is 4.45. The van der Waals surface area contributed by atoms with Gasteiger partial charge in [0.2, 0.25) is 0 Å². The van der Waals surface area contributed by atoms with Crippen LogP contribution in [0.1, 0.15) is 22.2 Å². The highest BCUT2D eigenvalue weighted by Crippen LogP contribution is 2.34. The van der Waals surface area contributed by atoms with Crippen LogP contribution in [-0.2, 0) is 9.53 Å². The minimum absolute atomic E-state index is 0.0380. The number of thiophene rings is 1. The zero-order valence-corrected chi connectivity index (χ0v) is 20.5. The number of carbonyl (C=O) groups is 2. The Labute approximate surface area is 205 Å². The molecule has 0 unspecified atom stereocenters. The molecular weight excluding hydrogens is 565 g/mol. The third kappa shape index (κ3) is 6.16. The Hall–Kier alpha value is -3.26. The van der Waals surface area contributed by atoms with Crippen LogP contribution in [-0.4, -0.2) is 43.3 Å². The maximum Gasteiger partial charge on any atom is 0.343 e. The molecule has 0 atom stereocenters. The van der Waals surface area contributed by atoms with Crippen molar-refractivity contribution in [3.63, 3.8) is 0 Å². The number of nitrogens with zero attached hydrogens (tertiary/aromatic N) is 2. The van der Waals surface area contributed by atoms with Crippen LogP contribution < -0.4 is 14.9 Å². The first kappa shape index (κ1) is 24.4. The highest BCUT2D eigenvalue weighted by Gasteiger charge is 2.15. The van der Waals surface area contributed by atoms with Crippen molar-refractivity contribution in [2.75, 3.05) is 20.3 Å². The van der Waals surface area contributed by atoms with Gasteiger partial charge in [-0.25, -0.2) is 10.2 Å². The Morgan fingerprint density at radius 3 is 2.73 bits per heavy atom. The lowest BCUT2D eigenvalue weighted by Gasteiger charge is -2.13. The lowest BCUT2D eigenvalue weighted by atomic mass is 10.2. The van der Waals surface area contributed by atoms with E-state index in [2.05, 4.69) is 15.3 Å². The van der Waals surface area contributed by atoms with Gasteiger partial charge in [0.05, 0.1) is 33.3 Å². The second kappa shape index (κ2) is 11.0. The number of amides is 1. The third-order valence-electron chi connectivity index (χ3n) is 4.21. The number of hydrazone groups is 1. The zero-order valence-electron chi connectivity index (χ0n) is 17.5. The quantitative estimate of drug-likeness (QED) is 0.132. The molecule has 1 N–H and O–H groups in total. The van der Waals surface area contributed by atoms with E-state index >= 15 is 0 Å². The van der Waals surface area contributed by atoms with Crippen LogP contribution in [0.5, 0.6) is 11.5 Å². The number of nitro groups is 1. The molecular formula is C21H18IN3O7S. The van der Waals surface area contributed by atoms with Crippen LogP contribution in [0, 0.1) is 13.7 Å². The van der Waals surface area contributed by atoms with E-state index in [1.165, 1.54) is 36.8 Å². The van der Waals surface area contributed by atoms with Crippen LogP contribution in [0.3, 0.4) is 0 Å². The first-order chi connectivity index (χ1) is 15.8. The molecule has 0 aliphatic heterocycles. The number of carbonyl (C=O) groups excluding carboxylic acids is 2. The molecule has 33 heavy (non-hydrogen) atoms. The SMILES string of the molecule is CCOc1cc(/C=N\NC(=O)c2cc3cc([N+](=O)[O-])ccc3s2)cc(I)c1OCC(=O)OC. The Morgan fingerprint density at radius 1 is 1.24 bits per heavy atom. The van der Waals surface area contributed by atoms with Crippen LogP contribution >= 0.6 is 33.9 Å². The number of fused-ring (bicyclic) bond motifs is 1. The molecule has 3 aromatic rings. The normalized spacial score (nSPS) is 10.9. The van der Waals surface area contributed by atoms with E-state index in [1.54, 1.807) is 24.3 Å². The Bertz CT molecular complexity index is 1240. The number of non-ortho nitro benzene ring substituents is 1. The predicted molar refractivity (Wildman–Crippen MR) is 131 cm³/mol. The summed E-state index contributed by atoms with van der Waals surface area (Å²) in [7, 11) is 1.27. The smallest absolute Gasteiger partial charge is 0.343 e. The third-order valence-corrected chi connectivity index (χ3v) is 6.12. The number of ether oxygens (including phenoxy) is 3. The van der Waals surface area contributed by atoms with Gasteiger partial charge >= 0.3 is 5.97 Å². The number of rotatable bonds is 9. The molecule has 1 aromatic heterocycles. The van der Waals surface area contributed by atoms with Crippen LogP contribution in [0.4, 0.5) is 5.69 Å². The summed E-state index contributed by atoms with van der Waals surface area (Å²) in [4.78, 5) is 34.6. The molecule has 3 rings (SSSR count). The van der Waals surface area contributed by atoms with Gasteiger partial charge in [0.1, 0.15) is 0 Å². The molecule has 1 heterocycles. The summed E-state index contributed by atoms with van der Waals surface area (Å²) in [6.45, 7) is 1.94. The first-order valence-corrected chi connectivity index (χ1v) is 11.4. The topological polar surface area (TPSA) is 129 Å². The van der Waals surface area contributed by atoms with Crippen molar-refractivity contribution in [1.29, 1.82) is 0 Å². The van der Waals surface area contributed by atoms with Crippen LogP contribution in [0.2, 0.25) is 0 Å². The monoisotopic (exact) mass is 583 g/mol. The number of esters is 1. The van der Waals surface area contributed by atoms with Gasteiger partial charge in [0.25, 0.3) is 11.6 Å². The van der Waals surface area contributed by atoms with E-state index in [4.69, 9.17) is 9.47 Å². The van der Waals surface area contributed by atoms with Gasteiger partial charge in [-0.05, 0) is 59.3 Å². The van der Waals surface area contributed by atoms with E-state index < -0.39 is 16.8 Å². The van der Waals surface area contributed by atoms with Crippen LogP contribution in [0.25, 0.3) is 10.1 Å². The lowest BCUT2D eigenvalue weighted by molar-refractivity contribution is -0.384. The van der Waals surface area contributed by atoms with Gasteiger partial charge in [-0.2, -0.15) is 5.10 Å². The molecule has 0 aliphatic rings. The maximum absolute atomic E-state index is 12.5.